The van der Waals surface area contributed by atoms with E-state index >= 15 is 0 Å². The van der Waals surface area contributed by atoms with E-state index in [9.17, 15) is 14.9 Å². The third-order valence-corrected chi connectivity index (χ3v) is 5.37. The molecule has 124 valence electrons. The maximum absolute atomic E-state index is 11.5. The predicted molar refractivity (Wildman–Crippen MR) is 96.9 cm³/mol. The van der Waals surface area contributed by atoms with E-state index in [-0.39, 0.29) is 10.3 Å². The Labute approximate surface area is 146 Å². The van der Waals surface area contributed by atoms with Gasteiger partial charge >= 0.3 is 5.69 Å². The molecule has 8 heteroatoms. The molecule has 0 aromatic carbocycles. The van der Waals surface area contributed by atoms with Gasteiger partial charge in [-0.3, -0.25) is 14.9 Å². The summed E-state index contributed by atoms with van der Waals surface area (Å²) in [6.45, 7) is 7.53. The summed E-state index contributed by atoms with van der Waals surface area (Å²) in [7, 11) is 0. The molecule has 0 fully saturated rings. The number of aldehydes is 1. The van der Waals surface area contributed by atoms with Crippen molar-refractivity contribution >= 4 is 55.1 Å². The summed E-state index contributed by atoms with van der Waals surface area (Å²) in [4.78, 5) is 29.4. The van der Waals surface area contributed by atoms with E-state index in [1.54, 1.807) is 6.92 Å². The van der Waals surface area contributed by atoms with E-state index < -0.39 is 4.92 Å². The van der Waals surface area contributed by atoms with Crippen molar-refractivity contribution in [1.82, 2.24) is 4.98 Å². The first-order valence-corrected chi connectivity index (χ1v) is 9.04. The molecule has 0 aliphatic heterocycles. The minimum Gasteiger partial charge on any atom is -0.355 e. The van der Waals surface area contributed by atoms with E-state index in [2.05, 4.69) is 39.7 Å². The lowest BCUT2D eigenvalue weighted by molar-refractivity contribution is -0.384. The second-order valence-electron chi connectivity index (χ2n) is 5.23. The van der Waals surface area contributed by atoms with Crippen LogP contribution in [0.2, 0.25) is 0 Å². The number of thiophene rings is 1. The van der Waals surface area contributed by atoms with Crippen molar-refractivity contribution in [3.8, 4) is 0 Å². The van der Waals surface area contributed by atoms with Gasteiger partial charge in [0.2, 0.25) is 0 Å². The fourth-order valence-electron chi connectivity index (χ4n) is 2.63. The molecule has 2 heterocycles. The first-order valence-electron chi connectivity index (χ1n) is 7.43. The summed E-state index contributed by atoms with van der Waals surface area (Å²) in [6, 6.07) is 0. The second-order valence-corrected chi connectivity index (χ2v) is 7.04. The van der Waals surface area contributed by atoms with E-state index in [4.69, 9.17) is 0 Å². The zero-order valence-electron chi connectivity index (χ0n) is 13.3. The van der Waals surface area contributed by atoms with Crippen LogP contribution in [0.3, 0.4) is 0 Å². The number of carbonyl (C=O) groups excluding carboxylic acids is 1. The highest BCUT2D eigenvalue weighted by Gasteiger charge is 2.28. The molecule has 0 saturated carbocycles. The summed E-state index contributed by atoms with van der Waals surface area (Å²) in [5, 5.41) is 12.0. The Morgan fingerprint density at radius 1 is 1.35 bits per heavy atom. The molecule has 6 nitrogen and oxygen atoms in total. The monoisotopic (exact) mass is 399 g/mol. The van der Waals surface area contributed by atoms with Gasteiger partial charge < -0.3 is 4.90 Å². The molecule has 2 aromatic heterocycles. The predicted octanol–water partition coefficient (Wildman–Crippen LogP) is 4.71. The number of carbonyl (C=O) groups is 1. The van der Waals surface area contributed by atoms with Gasteiger partial charge in [-0.1, -0.05) is 13.8 Å². The van der Waals surface area contributed by atoms with Crippen LogP contribution in [0.5, 0.6) is 0 Å². The van der Waals surface area contributed by atoms with Crippen LogP contribution in [0.1, 0.15) is 41.9 Å². The van der Waals surface area contributed by atoms with Gasteiger partial charge in [-0.25, -0.2) is 4.98 Å². The first-order chi connectivity index (χ1) is 11.0. The molecule has 0 atom stereocenters. The molecule has 0 bridgehead atoms. The molecule has 0 saturated heterocycles. The quantitative estimate of drug-likeness (QED) is 0.291. The van der Waals surface area contributed by atoms with Crippen molar-refractivity contribution in [2.75, 3.05) is 18.0 Å². The van der Waals surface area contributed by atoms with Crippen LogP contribution < -0.4 is 4.90 Å². The van der Waals surface area contributed by atoms with Gasteiger partial charge in [0.05, 0.1) is 19.9 Å². The maximum Gasteiger partial charge on any atom is 0.311 e. The number of halogens is 1. The van der Waals surface area contributed by atoms with Crippen LogP contribution >= 0.6 is 27.3 Å². The summed E-state index contributed by atoms with van der Waals surface area (Å²) in [5.74, 6) is 0.711. The largest absolute Gasteiger partial charge is 0.355 e. The Hall–Kier alpha value is -1.54. The second kappa shape index (κ2) is 7.35. The smallest absolute Gasteiger partial charge is 0.311 e. The summed E-state index contributed by atoms with van der Waals surface area (Å²) < 4.78 is 0.918. The lowest BCUT2D eigenvalue weighted by Gasteiger charge is -2.23. The van der Waals surface area contributed by atoms with Crippen molar-refractivity contribution in [1.29, 1.82) is 0 Å². The molecule has 2 rings (SSSR count). The Bertz CT molecular complexity index is 754. The van der Waals surface area contributed by atoms with Crippen LogP contribution in [-0.2, 0) is 0 Å². The van der Waals surface area contributed by atoms with Gasteiger partial charge in [-0.15, -0.1) is 11.3 Å². The highest BCUT2D eigenvalue weighted by molar-refractivity contribution is 9.10. The average molecular weight is 400 g/mol. The number of rotatable bonds is 7. The van der Waals surface area contributed by atoms with Crippen LogP contribution in [0, 0.1) is 17.0 Å². The van der Waals surface area contributed by atoms with Crippen molar-refractivity contribution in [2.24, 2.45) is 0 Å². The molecular weight excluding hydrogens is 382 g/mol. The highest BCUT2D eigenvalue weighted by Crippen LogP contribution is 2.44. The van der Waals surface area contributed by atoms with Crippen LogP contribution in [0.4, 0.5) is 11.5 Å². The zero-order valence-corrected chi connectivity index (χ0v) is 15.7. The van der Waals surface area contributed by atoms with Crippen molar-refractivity contribution in [2.45, 2.75) is 33.6 Å². The van der Waals surface area contributed by atoms with E-state index in [0.29, 0.717) is 26.3 Å². The topological polar surface area (TPSA) is 76.3 Å². The minimum absolute atomic E-state index is 0.0708. The van der Waals surface area contributed by atoms with Crippen LogP contribution in [0.25, 0.3) is 10.1 Å². The molecule has 0 radical (unpaired) electrons. The highest BCUT2D eigenvalue weighted by atomic mass is 79.9. The van der Waals surface area contributed by atoms with Crippen LogP contribution in [-0.4, -0.2) is 29.3 Å². The standard InChI is InChI=1S/C15H18BrN3O3S/c1-4-6-18(7-5-2)15-13-11(9(3)10(8-20)23-13)12(19(21)22)14(16)17-15/h8H,4-7H2,1-3H3. The third-order valence-electron chi connectivity index (χ3n) is 3.60. The fraction of sp³-hybridized carbons (Fsp3) is 0.467. The number of pyridine rings is 1. The van der Waals surface area contributed by atoms with Gasteiger partial charge in [0.1, 0.15) is 5.82 Å². The molecular formula is C15H18BrN3O3S. The third kappa shape index (κ3) is 3.23. The molecule has 2 aromatic rings. The van der Waals surface area contributed by atoms with E-state index in [0.717, 1.165) is 32.2 Å². The number of anilines is 1. The van der Waals surface area contributed by atoms with E-state index in [1.807, 2.05) is 0 Å². The fourth-order valence-corrected chi connectivity index (χ4v) is 4.28. The van der Waals surface area contributed by atoms with Gasteiger partial charge in [-0.05, 0) is 41.3 Å². The number of aryl methyl sites for hydroxylation is 1. The Balaban J connectivity index is 2.83. The number of aromatic nitrogens is 1. The minimum atomic E-state index is -0.443. The molecule has 0 spiro atoms. The molecule has 23 heavy (non-hydrogen) atoms. The molecule has 0 aliphatic rings. The average Bonchev–Trinajstić information content (AvgIpc) is 2.83. The summed E-state index contributed by atoms with van der Waals surface area (Å²) in [5.41, 5.74) is 0.572. The number of hydrogen-bond donors (Lipinski definition) is 0. The molecule has 0 amide bonds. The number of hydrogen-bond acceptors (Lipinski definition) is 6. The maximum atomic E-state index is 11.5. The van der Waals surface area contributed by atoms with Gasteiger partial charge in [-0.2, -0.15) is 0 Å². The van der Waals surface area contributed by atoms with Crippen molar-refractivity contribution in [3.63, 3.8) is 0 Å². The number of nitrogens with zero attached hydrogens (tertiary/aromatic N) is 3. The number of fused-ring (bicyclic) bond motifs is 1. The van der Waals surface area contributed by atoms with Gasteiger partial charge in [0.15, 0.2) is 10.9 Å². The lowest BCUT2D eigenvalue weighted by atomic mass is 10.1. The molecule has 0 aliphatic carbocycles. The Morgan fingerprint density at radius 3 is 2.43 bits per heavy atom. The van der Waals surface area contributed by atoms with Crippen molar-refractivity contribution in [3.05, 3.63) is 25.2 Å². The van der Waals surface area contributed by atoms with Gasteiger partial charge in [0, 0.05) is 13.1 Å². The van der Waals surface area contributed by atoms with Crippen LogP contribution in [0.15, 0.2) is 4.60 Å². The summed E-state index contributed by atoms with van der Waals surface area (Å²) in [6.07, 6.45) is 2.65. The molecule has 0 N–H and O–H groups in total. The molecule has 0 unspecified atom stereocenters. The van der Waals surface area contributed by atoms with Gasteiger partial charge in [0.25, 0.3) is 0 Å². The first kappa shape index (κ1) is 17.8. The summed E-state index contributed by atoms with van der Waals surface area (Å²) >= 11 is 4.51. The number of nitro groups is 1. The SMILES string of the molecule is CCCN(CCC)c1nc(Br)c([N+](=O)[O-])c2c(C)c(C=O)sc12. The normalized spacial score (nSPS) is 11.0. The van der Waals surface area contributed by atoms with Crippen molar-refractivity contribution < 1.29 is 9.72 Å². The lowest BCUT2D eigenvalue weighted by Crippen LogP contribution is -2.26. The van der Waals surface area contributed by atoms with E-state index in [1.165, 1.54) is 11.3 Å². The Kier molecular flexibility index (Phi) is 5.69. The Morgan fingerprint density at radius 2 is 1.96 bits per heavy atom. The zero-order chi connectivity index (χ0) is 17.1.